The Balaban J connectivity index is 4.10. The number of carboxylic acid groups (broad SMARTS) is 1. The van der Waals surface area contributed by atoms with Gasteiger partial charge in [-0.15, -0.1) is 0 Å². The zero-order valence-electron chi connectivity index (χ0n) is 25.0. The molecule has 1 N–H and O–H groups in total. The highest BCUT2D eigenvalue weighted by atomic mass is 16.5. The van der Waals surface area contributed by atoms with Gasteiger partial charge in [0.05, 0.1) is 0 Å². The zero-order valence-corrected chi connectivity index (χ0v) is 25.0. The maximum absolute atomic E-state index is 12.5. The van der Waals surface area contributed by atoms with Crippen molar-refractivity contribution >= 4 is 11.9 Å². The molecule has 1 atom stereocenters. The van der Waals surface area contributed by atoms with Crippen LogP contribution in [0.25, 0.3) is 0 Å². The molecular formula is C34H60O4. The van der Waals surface area contributed by atoms with Crippen LogP contribution in [0.4, 0.5) is 0 Å². The Morgan fingerprint density at radius 2 is 1.08 bits per heavy atom. The average Bonchev–Trinajstić information content (AvgIpc) is 2.89. The van der Waals surface area contributed by atoms with E-state index >= 15 is 0 Å². The largest absolute Gasteiger partial charge is 0.481 e. The SMILES string of the molecule is CC/C=C\C/C=C\C/C=C\C(CCCCCCC(=O)O)OC(=O)CCCCCCCCCCCCCCC. The van der Waals surface area contributed by atoms with Crippen molar-refractivity contribution in [3.63, 3.8) is 0 Å². The van der Waals surface area contributed by atoms with E-state index in [4.69, 9.17) is 9.84 Å². The van der Waals surface area contributed by atoms with Crippen molar-refractivity contribution in [2.45, 2.75) is 168 Å². The summed E-state index contributed by atoms with van der Waals surface area (Å²) in [6.07, 6.45) is 37.4. The van der Waals surface area contributed by atoms with Gasteiger partial charge in [0.2, 0.25) is 0 Å². The predicted molar refractivity (Wildman–Crippen MR) is 162 cm³/mol. The maximum atomic E-state index is 12.5. The molecule has 4 nitrogen and oxygen atoms in total. The van der Waals surface area contributed by atoms with Gasteiger partial charge >= 0.3 is 11.9 Å². The lowest BCUT2D eigenvalue weighted by molar-refractivity contribution is -0.147. The molecule has 38 heavy (non-hydrogen) atoms. The number of esters is 1. The highest BCUT2D eigenvalue weighted by molar-refractivity contribution is 5.69. The second-order valence-corrected chi connectivity index (χ2v) is 10.6. The predicted octanol–water partition coefficient (Wildman–Crippen LogP) is 10.7. The van der Waals surface area contributed by atoms with Gasteiger partial charge in [-0.05, 0) is 51.0 Å². The summed E-state index contributed by atoms with van der Waals surface area (Å²) >= 11 is 0. The number of aliphatic carboxylic acids is 1. The molecule has 0 amide bonds. The molecule has 0 rings (SSSR count). The van der Waals surface area contributed by atoms with Crippen LogP contribution in [0.3, 0.4) is 0 Å². The van der Waals surface area contributed by atoms with Crippen molar-refractivity contribution in [3.05, 3.63) is 36.5 Å². The van der Waals surface area contributed by atoms with Crippen molar-refractivity contribution in [2.24, 2.45) is 0 Å². The Labute approximate surface area is 235 Å². The number of ether oxygens (including phenoxy) is 1. The van der Waals surface area contributed by atoms with E-state index in [0.717, 1.165) is 57.8 Å². The topological polar surface area (TPSA) is 63.6 Å². The average molecular weight is 533 g/mol. The quantitative estimate of drug-likeness (QED) is 0.0618. The Kier molecular flexibility index (Phi) is 28.3. The molecule has 0 saturated carbocycles. The Morgan fingerprint density at radius 3 is 1.63 bits per heavy atom. The highest BCUT2D eigenvalue weighted by Gasteiger charge is 2.11. The summed E-state index contributed by atoms with van der Waals surface area (Å²) < 4.78 is 5.81. The Hall–Kier alpha value is -1.84. The maximum Gasteiger partial charge on any atom is 0.306 e. The molecule has 0 spiro atoms. The monoisotopic (exact) mass is 532 g/mol. The fourth-order valence-electron chi connectivity index (χ4n) is 4.53. The van der Waals surface area contributed by atoms with Gasteiger partial charge in [0.1, 0.15) is 6.10 Å². The molecule has 0 aliphatic carbocycles. The molecule has 0 saturated heterocycles. The molecule has 0 radical (unpaired) electrons. The molecule has 0 aliphatic heterocycles. The van der Waals surface area contributed by atoms with Crippen LogP contribution in [0.15, 0.2) is 36.5 Å². The van der Waals surface area contributed by atoms with Gasteiger partial charge in [-0.1, -0.05) is 134 Å². The van der Waals surface area contributed by atoms with E-state index < -0.39 is 5.97 Å². The molecule has 0 aromatic rings. The summed E-state index contributed by atoms with van der Waals surface area (Å²) in [5.74, 6) is -0.819. The number of rotatable bonds is 28. The minimum absolute atomic E-state index is 0.0890. The van der Waals surface area contributed by atoms with Gasteiger partial charge in [-0.2, -0.15) is 0 Å². The van der Waals surface area contributed by atoms with Crippen molar-refractivity contribution in [1.82, 2.24) is 0 Å². The van der Waals surface area contributed by atoms with Gasteiger partial charge in [0.25, 0.3) is 0 Å². The lowest BCUT2D eigenvalue weighted by Gasteiger charge is -2.14. The van der Waals surface area contributed by atoms with E-state index in [1.807, 2.05) is 6.08 Å². The van der Waals surface area contributed by atoms with Crippen LogP contribution in [0.1, 0.15) is 162 Å². The second-order valence-electron chi connectivity index (χ2n) is 10.6. The number of allylic oxidation sites excluding steroid dienone is 5. The van der Waals surface area contributed by atoms with Crippen LogP contribution in [0.2, 0.25) is 0 Å². The van der Waals surface area contributed by atoms with Gasteiger partial charge in [-0.25, -0.2) is 0 Å². The van der Waals surface area contributed by atoms with Crippen molar-refractivity contribution in [2.75, 3.05) is 0 Å². The third kappa shape index (κ3) is 28.7. The Bertz CT molecular complexity index is 620. The number of carbonyl (C=O) groups excluding carboxylic acids is 1. The van der Waals surface area contributed by atoms with Gasteiger partial charge in [0, 0.05) is 12.8 Å². The summed E-state index contributed by atoms with van der Waals surface area (Å²) in [4.78, 5) is 23.1. The number of unbranched alkanes of at least 4 members (excludes halogenated alkanes) is 15. The molecule has 0 aromatic carbocycles. The van der Waals surface area contributed by atoms with Crippen molar-refractivity contribution < 1.29 is 19.4 Å². The van der Waals surface area contributed by atoms with E-state index in [0.29, 0.717) is 12.8 Å². The number of carbonyl (C=O) groups is 2. The first kappa shape index (κ1) is 36.2. The normalized spacial score (nSPS) is 12.7. The first-order valence-corrected chi connectivity index (χ1v) is 16.0. The lowest BCUT2D eigenvalue weighted by Crippen LogP contribution is -2.16. The summed E-state index contributed by atoms with van der Waals surface area (Å²) in [5, 5.41) is 8.78. The molecule has 220 valence electrons. The van der Waals surface area contributed by atoms with Crippen LogP contribution < -0.4 is 0 Å². The first-order valence-electron chi connectivity index (χ1n) is 16.0. The third-order valence-corrected chi connectivity index (χ3v) is 6.86. The molecule has 0 aliphatic rings. The van der Waals surface area contributed by atoms with Crippen molar-refractivity contribution in [1.29, 1.82) is 0 Å². The van der Waals surface area contributed by atoms with Gasteiger partial charge < -0.3 is 9.84 Å². The molecule has 0 bridgehead atoms. The van der Waals surface area contributed by atoms with Crippen LogP contribution in [0.5, 0.6) is 0 Å². The summed E-state index contributed by atoms with van der Waals surface area (Å²) in [6, 6.07) is 0. The first-order chi connectivity index (χ1) is 18.6. The molecule has 0 heterocycles. The minimum Gasteiger partial charge on any atom is -0.481 e. The standard InChI is InChI=1S/C34H60O4/c1-3-5-7-9-11-13-14-15-16-17-19-21-27-31-34(37)38-32(29-25-22-23-26-30-33(35)36)28-24-20-18-12-10-8-6-4-2/h6,8,12,18,24,28,32H,3-5,7,9-11,13-17,19-23,25-27,29-31H2,1-2H3,(H,35,36)/b8-6-,18-12-,28-24-. The summed E-state index contributed by atoms with van der Waals surface area (Å²) in [7, 11) is 0. The van der Waals surface area contributed by atoms with E-state index in [2.05, 4.69) is 44.2 Å². The molecule has 4 heteroatoms. The zero-order chi connectivity index (χ0) is 27.9. The van der Waals surface area contributed by atoms with Crippen LogP contribution in [0, 0.1) is 0 Å². The van der Waals surface area contributed by atoms with Crippen LogP contribution in [-0.2, 0) is 14.3 Å². The third-order valence-electron chi connectivity index (χ3n) is 6.86. The lowest BCUT2D eigenvalue weighted by atomic mass is 10.0. The van der Waals surface area contributed by atoms with E-state index in [9.17, 15) is 9.59 Å². The Morgan fingerprint density at radius 1 is 0.605 bits per heavy atom. The summed E-state index contributed by atoms with van der Waals surface area (Å²) in [5.41, 5.74) is 0. The fraction of sp³-hybridized carbons (Fsp3) is 0.765. The number of carboxylic acids is 1. The summed E-state index contributed by atoms with van der Waals surface area (Å²) in [6.45, 7) is 4.40. The highest BCUT2D eigenvalue weighted by Crippen LogP contribution is 2.15. The number of hydrogen-bond donors (Lipinski definition) is 1. The minimum atomic E-state index is -0.730. The second kappa shape index (κ2) is 29.7. The fourth-order valence-corrected chi connectivity index (χ4v) is 4.53. The van der Waals surface area contributed by atoms with Crippen LogP contribution in [-0.4, -0.2) is 23.1 Å². The molecule has 1 unspecified atom stereocenters. The van der Waals surface area contributed by atoms with Crippen molar-refractivity contribution in [3.8, 4) is 0 Å². The van der Waals surface area contributed by atoms with E-state index in [1.165, 1.54) is 70.6 Å². The van der Waals surface area contributed by atoms with Gasteiger partial charge in [-0.3, -0.25) is 9.59 Å². The molecule has 0 aromatic heterocycles. The van der Waals surface area contributed by atoms with E-state index in [1.54, 1.807) is 0 Å². The molecule has 0 fully saturated rings. The smallest absolute Gasteiger partial charge is 0.306 e. The van der Waals surface area contributed by atoms with Gasteiger partial charge in [0.15, 0.2) is 0 Å². The number of hydrogen-bond acceptors (Lipinski definition) is 3. The molecular weight excluding hydrogens is 472 g/mol. The van der Waals surface area contributed by atoms with E-state index in [-0.39, 0.29) is 18.5 Å². The van der Waals surface area contributed by atoms with Crippen LogP contribution >= 0.6 is 0 Å².